The van der Waals surface area contributed by atoms with Crippen LogP contribution in [0.25, 0.3) is 235 Å². The van der Waals surface area contributed by atoms with E-state index in [9.17, 15) is 0 Å². The van der Waals surface area contributed by atoms with Gasteiger partial charge in [-0.05, 0) is 191 Å². The maximum atomic E-state index is 6.88. The van der Waals surface area contributed by atoms with Gasteiger partial charge in [-0.1, -0.05) is 406 Å². The summed E-state index contributed by atoms with van der Waals surface area (Å²) in [6, 6.07) is 153. The number of hydrogen-bond donors (Lipinski definition) is 0. The molecular formula is C134H93N9O3. The molecule has 0 aliphatic heterocycles. The third-order valence-corrected chi connectivity index (χ3v) is 30.7. The first-order valence-electron chi connectivity index (χ1n) is 49.9. The lowest BCUT2D eigenvalue weighted by Crippen LogP contribution is -2.22. The lowest BCUT2D eigenvalue weighted by Gasteiger charge is -2.28. The molecule has 0 spiro atoms. The molecule has 1 atom stereocenters. The highest BCUT2D eigenvalue weighted by atomic mass is 16.3. The maximum absolute atomic E-state index is 6.88. The number of nitrogens with zero attached hydrogens (tertiary/aromatic N) is 9. The van der Waals surface area contributed by atoms with E-state index in [4.69, 9.17) is 58.1 Å². The molecule has 6 aromatic heterocycles. The van der Waals surface area contributed by atoms with Crippen LogP contribution in [0, 0.1) is 0 Å². The highest BCUT2D eigenvalue weighted by Gasteiger charge is 2.44. The summed E-state index contributed by atoms with van der Waals surface area (Å²) < 4.78 is 19.7. The molecule has 19 aromatic carbocycles. The summed E-state index contributed by atoms with van der Waals surface area (Å²) in [4.78, 5) is 45.3. The number of rotatable bonds is 12. The Labute approximate surface area is 844 Å². The van der Waals surface area contributed by atoms with E-state index in [1.807, 2.05) is 140 Å². The predicted octanol–water partition coefficient (Wildman–Crippen LogP) is 33.9. The first-order valence-corrected chi connectivity index (χ1v) is 49.9. The molecule has 692 valence electrons. The normalized spacial score (nSPS) is 14.3. The van der Waals surface area contributed by atoms with E-state index < -0.39 is 0 Å². The van der Waals surface area contributed by atoms with Crippen LogP contribution in [0.1, 0.15) is 98.5 Å². The molecular weight excluding hydrogens is 1780 g/mol. The smallest absolute Gasteiger partial charge is 0.164 e. The topological polar surface area (TPSA) is 155 Å². The van der Waals surface area contributed by atoms with Gasteiger partial charge in [0.1, 0.15) is 33.5 Å². The van der Waals surface area contributed by atoms with Crippen LogP contribution >= 0.6 is 0 Å². The molecule has 6 heterocycles. The molecule has 4 aliphatic carbocycles. The molecule has 0 radical (unpaired) electrons. The first-order chi connectivity index (χ1) is 71.5. The molecule has 0 saturated heterocycles. The van der Waals surface area contributed by atoms with Crippen molar-refractivity contribution < 1.29 is 13.3 Å². The highest BCUT2D eigenvalue weighted by Crippen LogP contribution is 2.58. The van der Waals surface area contributed by atoms with Gasteiger partial charge in [0.25, 0.3) is 0 Å². The third-order valence-electron chi connectivity index (χ3n) is 30.7. The molecule has 12 heteroatoms. The standard InChI is InChI=1S/C56H39N3O.C42H29N3O.C36H25N3O/c1-55(2)45-25-12-11-21-41(45)50-42(24-15-27-47(50)55)54-58-52(35-16-6-4-7-17-35)57-53(59-54)36-30-28-34(29-31-36)38-22-14-23-40-44-32-43-39-20-10-13-26-46(39)56(3,37-18-8-5-9-19-37)48(43)33-49(44)60-51(38)40;1-42(2)35-20-12-11-18-30(35)32-24-34-33-23-28(21-22-37(33)46-38(34)25-36(32)42)40-43-39(27-15-7-4-8-16-27)44-41(45-40)31-19-10-9-17-29(31)26-13-5-3-6-14-26;1-36(2)29-16-10-9-15-25(29)26-20-28-27-19-24(17-18-31(27)40-32(28)21-30(26)36)35-38-33(22-11-5-3-6-12-22)37-34(39-35)23-13-7-4-8-14-23/h4-33H,1-3H3;3-25H,1-2H3;3-21H,1-2H3. The van der Waals surface area contributed by atoms with Crippen molar-refractivity contribution in [3.63, 3.8) is 0 Å². The van der Waals surface area contributed by atoms with Crippen molar-refractivity contribution in [3.05, 3.63) is 487 Å². The van der Waals surface area contributed by atoms with Crippen LogP contribution in [0.4, 0.5) is 0 Å². The fourth-order valence-corrected chi connectivity index (χ4v) is 23.2. The lowest BCUT2D eigenvalue weighted by molar-refractivity contribution is 0.647. The number of hydrogen-bond acceptors (Lipinski definition) is 12. The quantitative estimate of drug-likeness (QED) is 0.114. The molecule has 12 nitrogen and oxygen atoms in total. The van der Waals surface area contributed by atoms with Gasteiger partial charge in [-0.3, -0.25) is 0 Å². The molecule has 29 rings (SSSR count). The minimum atomic E-state index is -0.296. The number of furan rings is 3. The van der Waals surface area contributed by atoms with E-state index in [-0.39, 0.29) is 21.7 Å². The zero-order valence-corrected chi connectivity index (χ0v) is 81.3. The van der Waals surface area contributed by atoms with Gasteiger partial charge in [0.05, 0.1) is 0 Å². The molecule has 1 unspecified atom stereocenters. The second-order valence-electron chi connectivity index (χ2n) is 40.2. The Kier molecular flexibility index (Phi) is 20.2. The maximum Gasteiger partial charge on any atom is 0.164 e. The van der Waals surface area contributed by atoms with E-state index in [0.29, 0.717) is 52.4 Å². The molecule has 0 amide bonds. The van der Waals surface area contributed by atoms with Crippen LogP contribution in [0.3, 0.4) is 0 Å². The van der Waals surface area contributed by atoms with Gasteiger partial charge < -0.3 is 13.3 Å². The molecule has 25 aromatic rings. The zero-order chi connectivity index (χ0) is 97.8. The largest absolute Gasteiger partial charge is 0.456 e. The molecule has 0 fully saturated rings. The van der Waals surface area contributed by atoms with Gasteiger partial charge in [0, 0.05) is 110 Å². The second-order valence-corrected chi connectivity index (χ2v) is 40.2. The molecule has 146 heavy (non-hydrogen) atoms. The summed E-state index contributed by atoms with van der Waals surface area (Å²) in [6.07, 6.45) is 0. The van der Waals surface area contributed by atoms with Gasteiger partial charge in [-0.2, -0.15) is 0 Å². The van der Waals surface area contributed by atoms with Gasteiger partial charge in [-0.25, -0.2) is 44.9 Å². The van der Waals surface area contributed by atoms with Crippen LogP contribution in [-0.2, 0) is 21.7 Å². The van der Waals surface area contributed by atoms with E-state index in [0.717, 1.165) is 138 Å². The summed E-state index contributed by atoms with van der Waals surface area (Å²) in [5.41, 5.74) is 39.4. The predicted molar refractivity (Wildman–Crippen MR) is 591 cm³/mol. The van der Waals surface area contributed by atoms with E-state index in [1.165, 1.54) is 94.6 Å². The van der Waals surface area contributed by atoms with Crippen molar-refractivity contribution in [2.24, 2.45) is 0 Å². The number of fused-ring (bicyclic) bond motifs is 21. The highest BCUT2D eigenvalue weighted by molar-refractivity contribution is 6.14. The van der Waals surface area contributed by atoms with E-state index >= 15 is 0 Å². The van der Waals surface area contributed by atoms with Gasteiger partial charge in [-0.15, -0.1) is 0 Å². The van der Waals surface area contributed by atoms with E-state index in [2.05, 4.69) is 346 Å². The van der Waals surface area contributed by atoms with Crippen molar-refractivity contribution in [3.8, 4) is 169 Å². The van der Waals surface area contributed by atoms with Crippen molar-refractivity contribution >= 4 is 65.8 Å². The number of para-hydroxylation sites is 1. The fraction of sp³-hybridized carbons (Fsp3) is 0.0821. The molecule has 4 aliphatic rings. The molecule has 0 bridgehead atoms. The minimum absolute atomic E-state index is 0.0726. The summed E-state index contributed by atoms with van der Waals surface area (Å²) in [7, 11) is 0. The number of benzene rings is 19. The SMILES string of the molecule is CC1(C)c2ccccc2-c2c(-c3nc(-c4ccccc4)nc(-c4ccc(-c5cccc6c5oc5cc7c(cc56)-c5ccccc5C7(C)c5ccccc5)cc4)n3)cccc21.CC1(C)c2ccccc2-c2cc3c(cc21)oc1ccc(-c2nc(-c4ccccc4)nc(-c4ccccc4)n2)cc13.CC1(C)c2ccccc2-c2cc3c(cc21)oc1ccc(-c2nc(-c4ccccc4)nc(-c4ccccc4-c4ccccc4)n2)cc13. The third kappa shape index (κ3) is 14.2. The van der Waals surface area contributed by atoms with Crippen LogP contribution in [0.5, 0.6) is 0 Å². The Bertz CT molecular complexity index is 9530. The first kappa shape index (κ1) is 86.7. The van der Waals surface area contributed by atoms with Crippen LogP contribution < -0.4 is 0 Å². The van der Waals surface area contributed by atoms with Crippen LogP contribution in [-0.4, -0.2) is 44.9 Å². The lowest BCUT2D eigenvalue weighted by atomic mass is 9.74. The summed E-state index contributed by atoms with van der Waals surface area (Å²) in [6.45, 7) is 16.1. The molecule has 0 saturated carbocycles. The van der Waals surface area contributed by atoms with Crippen LogP contribution in [0.2, 0.25) is 0 Å². The average molecular weight is 1880 g/mol. The van der Waals surface area contributed by atoms with Gasteiger partial charge in [0.15, 0.2) is 52.4 Å². The zero-order valence-electron chi connectivity index (χ0n) is 81.3. The Morgan fingerprint density at radius 2 is 0.445 bits per heavy atom. The van der Waals surface area contributed by atoms with Crippen molar-refractivity contribution in [1.29, 1.82) is 0 Å². The van der Waals surface area contributed by atoms with Gasteiger partial charge >= 0.3 is 0 Å². The summed E-state index contributed by atoms with van der Waals surface area (Å²) in [5.74, 6) is 5.77. The average Bonchev–Trinajstić information content (AvgIpc) is 1.56. The van der Waals surface area contributed by atoms with Crippen LogP contribution in [0.15, 0.2) is 450 Å². The Balaban J connectivity index is 0.000000111. The summed E-state index contributed by atoms with van der Waals surface area (Å²) in [5, 5.41) is 6.53. The van der Waals surface area contributed by atoms with Crippen molar-refractivity contribution in [2.75, 3.05) is 0 Å². The fourth-order valence-electron chi connectivity index (χ4n) is 23.2. The summed E-state index contributed by atoms with van der Waals surface area (Å²) >= 11 is 0. The number of aromatic nitrogens is 9. The van der Waals surface area contributed by atoms with Crippen molar-refractivity contribution in [2.45, 2.75) is 70.1 Å². The van der Waals surface area contributed by atoms with Gasteiger partial charge in [0.2, 0.25) is 0 Å². The van der Waals surface area contributed by atoms with Crippen molar-refractivity contribution in [1.82, 2.24) is 44.9 Å². The second kappa shape index (κ2) is 33.9. The molecule has 0 N–H and O–H groups in total. The Hall–Kier alpha value is -18.4. The van der Waals surface area contributed by atoms with E-state index in [1.54, 1.807) is 0 Å². The Morgan fingerprint density at radius 3 is 0.918 bits per heavy atom. The minimum Gasteiger partial charge on any atom is -0.456 e. The monoisotopic (exact) mass is 1880 g/mol. The Morgan fingerprint density at radius 1 is 0.158 bits per heavy atom.